The predicted molar refractivity (Wildman–Crippen MR) is 320 cm³/mol. The van der Waals surface area contributed by atoms with Crippen LogP contribution in [0.3, 0.4) is 0 Å². The van der Waals surface area contributed by atoms with Crippen LogP contribution in [-0.4, -0.2) is 126 Å². The molecule has 84 heavy (non-hydrogen) atoms. The first-order valence-corrected chi connectivity index (χ1v) is 30.9. The van der Waals surface area contributed by atoms with Crippen molar-refractivity contribution < 1.29 is 42.8 Å². The van der Waals surface area contributed by atoms with E-state index in [4.69, 9.17) is 16.3 Å². The van der Waals surface area contributed by atoms with E-state index in [1.165, 1.54) is 41.1 Å². The standard InChI is InChI=1S/C62H72ClN11O9S/c1-62(2)21-19-43(52(33-62)41-6-8-45(63)9-7-41)35-64-23-24-65-46-10-15-51(56(31-46)83-48-30-42-20-22-66-58(42)68-36-48)59(76)70-84(81,82)49-13-16-53(55(32-49)74(79)80)67-34-39-3-11-47(12-4-39)72-27-25-71(26-28-72)37-40-5-14-50-44(29-40)38-73(61(50)78)54-17-18-57(75)69-60(54)77/h5-10,13-16,20,22,29-32,36,39,47,54,64-65,67,74,79H,3-4,11-12,17-19,21,23-28,33-35,37-38H2,1-2H3,(H,66,68)(H,70,76)(H,69,75,77). The zero-order chi connectivity index (χ0) is 58.7. The number of nitrogens with zero attached hydrogens (tertiary/aromatic N) is 4. The second-order valence-electron chi connectivity index (χ2n) is 23.6. The summed E-state index contributed by atoms with van der Waals surface area (Å²) < 4.78 is 36.3. The molecular weight excluding hydrogens is 1110 g/mol. The Labute approximate surface area is 493 Å². The molecule has 20 nitrogen and oxygen atoms in total. The molecular formula is C62H72ClN11O9S. The van der Waals surface area contributed by atoms with Gasteiger partial charge in [0.25, 0.3) is 21.8 Å². The number of halogens is 1. The summed E-state index contributed by atoms with van der Waals surface area (Å²) in [5, 5.41) is 35.8. The van der Waals surface area contributed by atoms with Crippen LogP contribution in [0, 0.1) is 16.5 Å². The second-order valence-corrected chi connectivity index (χ2v) is 25.8. The average molecular weight is 1180 g/mol. The highest BCUT2D eigenvalue weighted by Gasteiger charge is 2.39. The number of anilines is 2. The van der Waals surface area contributed by atoms with Gasteiger partial charge in [0.1, 0.15) is 23.2 Å². The smallest absolute Gasteiger partial charge is 0.268 e. The first-order valence-electron chi connectivity index (χ1n) is 29.0. The van der Waals surface area contributed by atoms with Crippen molar-refractivity contribution >= 4 is 78.9 Å². The van der Waals surface area contributed by atoms with E-state index in [2.05, 4.69) is 77.8 Å². The largest absolute Gasteiger partial charge is 0.595 e. The molecule has 2 atom stereocenters. The molecule has 4 aromatic carbocycles. The van der Waals surface area contributed by atoms with Gasteiger partial charge >= 0.3 is 0 Å². The molecule has 2 saturated heterocycles. The minimum absolute atomic E-state index is 0.0675. The fourth-order valence-electron chi connectivity index (χ4n) is 12.5. The van der Waals surface area contributed by atoms with Crippen LogP contribution in [-0.2, 0) is 32.7 Å². The van der Waals surface area contributed by atoms with Crippen LogP contribution < -0.4 is 36.0 Å². The van der Waals surface area contributed by atoms with E-state index in [9.17, 15) is 38.0 Å². The van der Waals surface area contributed by atoms with Crippen LogP contribution in [0.5, 0.6) is 11.5 Å². The number of hydrogen-bond acceptors (Lipinski definition) is 15. The SMILES string of the molecule is CC1(C)CCC(CNCCNc2ccc(C(=O)NS(=O)(=O)c3ccc(NCC4CCC(N5CCN(Cc6ccc7c(c6)CN(C6CCC(=O)NC6=O)C7=O)CC5)CC4)c([NH+]([O-])O)c3)c(Oc3cnc4[nH]ccc4c3)c2)=C(c2ccc(Cl)cc2)C1. The number of ether oxygens (including phenoxy) is 1. The van der Waals surface area contributed by atoms with Crippen molar-refractivity contribution in [3.8, 4) is 11.5 Å². The number of nitrogens with one attached hydrogen (secondary N) is 7. The van der Waals surface area contributed by atoms with Gasteiger partial charge in [-0.15, -0.1) is 0 Å². The molecule has 3 fully saturated rings. The number of piperidine rings is 1. The normalized spacial score (nSPS) is 20.8. The fourth-order valence-corrected chi connectivity index (χ4v) is 13.6. The van der Waals surface area contributed by atoms with Gasteiger partial charge in [-0.05, 0) is 140 Å². The monoisotopic (exact) mass is 1180 g/mol. The molecule has 4 amide bonds. The van der Waals surface area contributed by atoms with Crippen LogP contribution in [0.2, 0.25) is 5.02 Å². The predicted octanol–water partition coefficient (Wildman–Crippen LogP) is 7.75. The summed E-state index contributed by atoms with van der Waals surface area (Å²) in [6.45, 7) is 11.8. The number of H-pyrrole nitrogens is 1. The summed E-state index contributed by atoms with van der Waals surface area (Å²) in [4.78, 5) is 65.1. The Hall–Kier alpha value is -7.21. The molecule has 22 heteroatoms. The topological polar surface area (TPSA) is 258 Å². The molecule has 5 aliphatic rings. The zero-order valence-electron chi connectivity index (χ0n) is 47.3. The van der Waals surface area contributed by atoms with E-state index in [-0.39, 0.29) is 57.2 Å². The zero-order valence-corrected chi connectivity index (χ0v) is 48.8. The number of sulfonamides is 1. The van der Waals surface area contributed by atoms with Gasteiger partial charge in [-0.3, -0.25) is 34.3 Å². The maximum absolute atomic E-state index is 14.0. The number of imide groups is 1. The van der Waals surface area contributed by atoms with Gasteiger partial charge < -0.3 is 35.8 Å². The summed E-state index contributed by atoms with van der Waals surface area (Å²) in [5.41, 5.74) is 8.02. The van der Waals surface area contributed by atoms with Crippen molar-refractivity contribution in [3.05, 3.63) is 147 Å². The Morgan fingerprint density at radius 3 is 2.48 bits per heavy atom. The van der Waals surface area contributed by atoms with Crippen molar-refractivity contribution in [3.63, 3.8) is 0 Å². The number of carbonyl (C=O) groups is 4. The van der Waals surface area contributed by atoms with Gasteiger partial charge in [-0.25, -0.2) is 23.3 Å². The van der Waals surface area contributed by atoms with Crippen molar-refractivity contribution in [2.24, 2.45) is 11.3 Å². The molecule has 11 rings (SSSR count). The van der Waals surface area contributed by atoms with E-state index >= 15 is 0 Å². The maximum Gasteiger partial charge on any atom is 0.268 e. The molecule has 0 spiro atoms. The van der Waals surface area contributed by atoms with E-state index in [1.54, 1.807) is 29.3 Å². The lowest BCUT2D eigenvalue weighted by molar-refractivity contribution is -0.990. The number of rotatable bonds is 20. The highest BCUT2D eigenvalue weighted by atomic mass is 35.5. The summed E-state index contributed by atoms with van der Waals surface area (Å²) in [5.74, 6) is -1.17. The lowest BCUT2D eigenvalue weighted by Crippen LogP contribution is -2.99. The first-order chi connectivity index (χ1) is 40.4. The van der Waals surface area contributed by atoms with E-state index in [1.807, 2.05) is 30.3 Å². The number of aromatic amines is 1. The van der Waals surface area contributed by atoms with Gasteiger partial charge in [0, 0.05) is 118 Å². The second kappa shape index (κ2) is 25.2. The molecule has 442 valence electrons. The number of quaternary nitrogens is 1. The van der Waals surface area contributed by atoms with Crippen LogP contribution in [0.25, 0.3) is 16.6 Å². The number of fused-ring (bicyclic) bond motifs is 2. The van der Waals surface area contributed by atoms with Crippen molar-refractivity contribution in [1.82, 2.24) is 40.0 Å². The third kappa shape index (κ3) is 13.6. The number of hydrogen-bond donors (Lipinski definition) is 8. The summed E-state index contributed by atoms with van der Waals surface area (Å²) in [6, 6.07) is 26.0. The third-order valence-electron chi connectivity index (χ3n) is 17.3. The summed E-state index contributed by atoms with van der Waals surface area (Å²) >= 11 is 6.22. The number of piperazine rings is 1. The van der Waals surface area contributed by atoms with Crippen LogP contribution >= 0.6 is 11.6 Å². The van der Waals surface area contributed by atoms with Crippen LogP contribution in [0.4, 0.5) is 17.1 Å². The molecule has 3 aliphatic heterocycles. The third-order valence-corrected chi connectivity index (χ3v) is 18.8. The van der Waals surface area contributed by atoms with E-state index < -0.39 is 33.1 Å². The number of amides is 4. The van der Waals surface area contributed by atoms with Gasteiger partial charge in [0.05, 0.1) is 22.3 Å². The Bertz CT molecular complexity index is 3590. The lowest BCUT2D eigenvalue weighted by Gasteiger charge is -2.42. The Kier molecular flexibility index (Phi) is 17.5. The highest BCUT2D eigenvalue weighted by molar-refractivity contribution is 7.90. The summed E-state index contributed by atoms with van der Waals surface area (Å²) in [7, 11) is -4.58. The van der Waals surface area contributed by atoms with E-state index in [0.29, 0.717) is 66.3 Å². The molecule has 1 saturated carbocycles. The lowest BCUT2D eigenvalue weighted by atomic mass is 9.72. The molecule has 8 N–H and O–H groups in total. The Balaban J connectivity index is 0.669. The van der Waals surface area contributed by atoms with Gasteiger partial charge in [-0.2, -0.15) is 5.23 Å². The van der Waals surface area contributed by atoms with Crippen molar-refractivity contribution in [2.75, 3.05) is 63.0 Å². The number of benzene rings is 4. The number of allylic oxidation sites excluding steroid dienone is 1. The summed E-state index contributed by atoms with van der Waals surface area (Å²) in [6.07, 6.45) is 10.8. The van der Waals surface area contributed by atoms with Crippen molar-refractivity contribution in [2.45, 2.75) is 102 Å². The van der Waals surface area contributed by atoms with Crippen LogP contribution in [0.15, 0.2) is 114 Å². The quantitative estimate of drug-likeness (QED) is 0.0207. The minimum Gasteiger partial charge on any atom is -0.595 e. The maximum atomic E-state index is 14.0. The molecule has 0 radical (unpaired) electrons. The number of aromatic nitrogens is 2. The minimum atomic E-state index is -4.58. The fraction of sp³-hybridized carbons (Fsp3) is 0.403. The molecule has 0 bridgehead atoms. The molecule has 6 aromatic rings. The molecule has 2 unspecified atom stereocenters. The Morgan fingerprint density at radius 1 is 0.905 bits per heavy atom. The van der Waals surface area contributed by atoms with Gasteiger partial charge in [-0.1, -0.05) is 55.3 Å². The molecule has 2 aromatic heterocycles. The highest BCUT2D eigenvalue weighted by Crippen LogP contribution is 2.43. The molecule has 2 aliphatic carbocycles. The Morgan fingerprint density at radius 2 is 1.70 bits per heavy atom. The number of pyridine rings is 1. The average Bonchev–Trinajstić information content (AvgIpc) is 2.84. The van der Waals surface area contributed by atoms with Gasteiger partial charge in [0.2, 0.25) is 11.8 Å². The van der Waals surface area contributed by atoms with E-state index in [0.717, 1.165) is 107 Å². The number of carbonyl (C=O) groups excluding carboxylic acids is 4. The first kappa shape index (κ1) is 58.6. The van der Waals surface area contributed by atoms with Crippen molar-refractivity contribution in [1.29, 1.82) is 0 Å². The van der Waals surface area contributed by atoms with Crippen LogP contribution in [0.1, 0.15) is 109 Å². The van der Waals surface area contributed by atoms with Gasteiger partial charge in [0.15, 0.2) is 5.69 Å². The molecule has 5 heterocycles.